The van der Waals surface area contributed by atoms with Crippen molar-refractivity contribution in [2.45, 2.75) is 0 Å². The van der Waals surface area contributed by atoms with Crippen LogP contribution in [0.5, 0.6) is 0 Å². The molecule has 0 amide bonds. The highest BCUT2D eigenvalue weighted by Crippen LogP contribution is 2.43. The normalized spacial score (nSPS) is 11.2. The van der Waals surface area contributed by atoms with E-state index in [1.165, 1.54) is 0 Å². The molecule has 4 aromatic heterocycles. The van der Waals surface area contributed by atoms with Crippen LogP contribution in [0.15, 0.2) is 162 Å². The SMILES string of the molecule is N#Cc1ccc(-c2cccc3oc4c5ccccc5c(-c5ccc(-c6cc(-c7ccccn7)nc(-c7ccccn7)c6)cc5)cc4c23)cc1. The average Bonchev–Trinajstić information content (AvgIpc) is 3.57. The molecule has 49 heavy (non-hydrogen) atoms. The lowest BCUT2D eigenvalue weighted by Gasteiger charge is -2.12. The topological polar surface area (TPSA) is 75.6 Å². The summed E-state index contributed by atoms with van der Waals surface area (Å²) in [6.45, 7) is 0. The first-order chi connectivity index (χ1) is 24.2. The lowest BCUT2D eigenvalue weighted by Crippen LogP contribution is -1.94. The van der Waals surface area contributed by atoms with Crippen LogP contribution in [0, 0.1) is 11.3 Å². The Morgan fingerprint density at radius 3 is 1.73 bits per heavy atom. The Labute approximate surface area is 282 Å². The Hall–Kier alpha value is -6.90. The molecular weight excluding hydrogens is 601 g/mol. The second kappa shape index (κ2) is 11.7. The fraction of sp³-hybridized carbons (Fsp3) is 0. The molecule has 5 heteroatoms. The van der Waals surface area contributed by atoms with E-state index in [2.05, 4.69) is 88.8 Å². The van der Waals surface area contributed by atoms with Gasteiger partial charge >= 0.3 is 0 Å². The zero-order valence-electron chi connectivity index (χ0n) is 26.2. The van der Waals surface area contributed by atoms with E-state index in [0.717, 1.165) is 88.9 Å². The number of furan rings is 1. The number of hydrogen-bond acceptors (Lipinski definition) is 5. The maximum Gasteiger partial charge on any atom is 0.143 e. The lowest BCUT2D eigenvalue weighted by molar-refractivity contribution is 0.673. The minimum Gasteiger partial charge on any atom is -0.455 e. The summed E-state index contributed by atoms with van der Waals surface area (Å²) >= 11 is 0. The van der Waals surface area contributed by atoms with Crippen LogP contribution in [0.1, 0.15) is 5.56 Å². The minimum atomic E-state index is 0.636. The summed E-state index contributed by atoms with van der Waals surface area (Å²) in [5, 5.41) is 13.7. The molecule has 9 rings (SSSR count). The van der Waals surface area contributed by atoms with Gasteiger partial charge in [-0.2, -0.15) is 5.26 Å². The van der Waals surface area contributed by atoms with E-state index in [0.29, 0.717) is 5.56 Å². The molecule has 0 unspecified atom stereocenters. The van der Waals surface area contributed by atoms with Crippen molar-refractivity contribution >= 4 is 32.7 Å². The number of fused-ring (bicyclic) bond motifs is 5. The molecule has 4 heterocycles. The van der Waals surface area contributed by atoms with Crippen molar-refractivity contribution in [3.05, 3.63) is 164 Å². The predicted molar refractivity (Wildman–Crippen MR) is 197 cm³/mol. The van der Waals surface area contributed by atoms with E-state index in [1.54, 1.807) is 12.4 Å². The first-order valence-corrected chi connectivity index (χ1v) is 16.1. The molecule has 0 fully saturated rings. The summed E-state index contributed by atoms with van der Waals surface area (Å²) < 4.78 is 6.57. The summed E-state index contributed by atoms with van der Waals surface area (Å²) in [5.74, 6) is 0. The Morgan fingerprint density at radius 2 is 1.08 bits per heavy atom. The lowest BCUT2D eigenvalue weighted by atomic mass is 9.92. The van der Waals surface area contributed by atoms with E-state index < -0.39 is 0 Å². The molecule has 5 aromatic carbocycles. The van der Waals surface area contributed by atoms with Gasteiger partial charge in [0.25, 0.3) is 0 Å². The van der Waals surface area contributed by atoms with Gasteiger partial charge in [0, 0.05) is 28.6 Å². The van der Waals surface area contributed by atoms with Crippen LogP contribution in [0.2, 0.25) is 0 Å². The number of pyridine rings is 3. The van der Waals surface area contributed by atoms with Crippen LogP contribution in [0.4, 0.5) is 0 Å². The van der Waals surface area contributed by atoms with Crippen LogP contribution < -0.4 is 0 Å². The van der Waals surface area contributed by atoms with Gasteiger partial charge in [-0.05, 0) is 99.4 Å². The number of benzene rings is 5. The largest absolute Gasteiger partial charge is 0.455 e. The second-order valence-corrected chi connectivity index (χ2v) is 11.9. The zero-order chi connectivity index (χ0) is 32.7. The third kappa shape index (κ3) is 5.00. The van der Waals surface area contributed by atoms with Gasteiger partial charge in [0.05, 0.1) is 34.4 Å². The predicted octanol–water partition coefficient (Wildman–Crippen LogP) is 11.1. The van der Waals surface area contributed by atoms with E-state index in [1.807, 2.05) is 72.8 Å². The van der Waals surface area contributed by atoms with Crippen molar-refractivity contribution < 1.29 is 4.42 Å². The third-order valence-electron chi connectivity index (χ3n) is 9.04. The number of nitrogens with zero attached hydrogens (tertiary/aromatic N) is 4. The summed E-state index contributed by atoms with van der Waals surface area (Å²) in [7, 11) is 0. The van der Waals surface area contributed by atoms with Gasteiger partial charge in [-0.15, -0.1) is 0 Å². The van der Waals surface area contributed by atoms with Crippen LogP contribution in [0.25, 0.3) is 88.9 Å². The summed E-state index contributed by atoms with van der Waals surface area (Å²) in [6.07, 6.45) is 3.58. The maximum atomic E-state index is 9.35. The highest BCUT2D eigenvalue weighted by Gasteiger charge is 2.18. The van der Waals surface area contributed by atoms with Gasteiger partial charge in [-0.3, -0.25) is 9.97 Å². The molecule has 9 aromatic rings. The van der Waals surface area contributed by atoms with Crippen molar-refractivity contribution in [2.24, 2.45) is 0 Å². The highest BCUT2D eigenvalue weighted by molar-refractivity contribution is 6.22. The second-order valence-electron chi connectivity index (χ2n) is 11.9. The molecule has 228 valence electrons. The van der Waals surface area contributed by atoms with E-state index in [-0.39, 0.29) is 0 Å². The van der Waals surface area contributed by atoms with Gasteiger partial charge in [-0.25, -0.2) is 4.98 Å². The molecule has 0 atom stereocenters. The van der Waals surface area contributed by atoms with Crippen LogP contribution in [0.3, 0.4) is 0 Å². The zero-order valence-corrected chi connectivity index (χ0v) is 26.2. The average molecular weight is 627 g/mol. The maximum absolute atomic E-state index is 9.35. The van der Waals surface area contributed by atoms with E-state index in [9.17, 15) is 5.26 Å². The molecule has 5 nitrogen and oxygen atoms in total. The Kier molecular flexibility index (Phi) is 6.78. The van der Waals surface area contributed by atoms with Gasteiger partial charge in [0.15, 0.2) is 0 Å². The number of aromatic nitrogens is 3. The standard InChI is InChI=1S/C44H26N4O/c45-27-28-14-16-30(17-15-28)33-10-7-13-42-43(33)37-26-36(34-8-1-2-9-35(34)44(37)49-42)31-20-18-29(19-21-31)32-24-40(38-11-3-5-22-46-38)48-41(25-32)39-12-4-6-23-47-39/h1-26H. The molecule has 0 aliphatic rings. The number of rotatable bonds is 5. The van der Waals surface area contributed by atoms with Crippen LogP contribution in [-0.4, -0.2) is 15.0 Å². The quantitative estimate of drug-likeness (QED) is 0.190. The van der Waals surface area contributed by atoms with Crippen molar-refractivity contribution in [1.29, 1.82) is 5.26 Å². The van der Waals surface area contributed by atoms with Gasteiger partial charge < -0.3 is 4.42 Å². The summed E-state index contributed by atoms with van der Waals surface area (Å²) in [4.78, 5) is 14.1. The fourth-order valence-electron chi connectivity index (χ4n) is 6.68. The highest BCUT2D eigenvalue weighted by atomic mass is 16.3. The monoisotopic (exact) mass is 626 g/mol. The van der Waals surface area contributed by atoms with Crippen molar-refractivity contribution in [2.75, 3.05) is 0 Å². The Bertz CT molecular complexity index is 2630. The van der Waals surface area contributed by atoms with Gasteiger partial charge in [0.2, 0.25) is 0 Å². The molecular formula is C44H26N4O. The van der Waals surface area contributed by atoms with E-state index in [4.69, 9.17) is 9.40 Å². The molecule has 0 saturated carbocycles. The molecule has 0 saturated heterocycles. The number of hydrogen-bond donors (Lipinski definition) is 0. The fourth-order valence-corrected chi connectivity index (χ4v) is 6.68. The smallest absolute Gasteiger partial charge is 0.143 e. The van der Waals surface area contributed by atoms with Crippen molar-refractivity contribution in [3.8, 4) is 62.2 Å². The minimum absolute atomic E-state index is 0.636. The first-order valence-electron chi connectivity index (χ1n) is 16.1. The molecule has 0 spiro atoms. The first kappa shape index (κ1) is 28.3. The Morgan fingerprint density at radius 1 is 0.469 bits per heavy atom. The summed E-state index contributed by atoms with van der Waals surface area (Å²) in [6, 6.07) is 51.4. The molecule has 0 aliphatic heterocycles. The Balaban J connectivity index is 1.20. The van der Waals surface area contributed by atoms with Crippen molar-refractivity contribution in [3.63, 3.8) is 0 Å². The molecule has 0 aliphatic carbocycles. The van der Waals surface area contributed by atoms with Gasteiger partial charge in [-0.1, -0.05) is 84.9 Å². The van der Waals surface area contributed by atoms with Crippen LogP contribution >= 0.6 is 0 Å². The van der Waals surface area contributed by atoms with Gasteiger partial charge in [0.1, 0.15) is 11.2 Å². The van der Waals surface area contributed by atoms with Crippen LogP contribution in [-0.2, 0) is 0 Å². The number of nitriles is 1. The third-order valence-corrected chi connectivity index (χ3v) is 9.04. The summed E-state index contributed by atoms with van der Waals surface area (Å²) in [5.41, 5.74) is 12.0. The van der Waals surface area contributed by atoms with Crippen molar-refractivity contribution in [1.82, 2.24) is 15.0 Å². The van der Waals surface area contributed by atoms with E-state index >= 15 is 0 Å². The molecule has 0 radical (unpaired) electrons. The molecule has 0 N–H and O–H groups in total. The molecule has 0 bridgehead atoms.